The van der Waals surface area contributed by atoms with Crippen LogP contribution < -0.4 is 9.47 Å². The molecule has 1 aliphatic rings. The molecule has 0 aromatic heterocycles. The number of thioether (sulfide) groups is 1. The Kier molecular flexibility index (Phi) is 6.93. The van der Waals surface area contributed by atoms with Crippen molar-refractivity contribution in [2.75, 3.05) is 12.9 Å². The molecule has 0 spiro atoms. The standard InChI is InChI=1S/C22H25N3O3S/c1-15(2)28-20-11-7-18(8-12-20)16(3)23-24-22-25(21(26)14-29-22)13-17-5-9-19(27-4)10-6-17/h5-12,15H,13-14H2,1-4H3. The first kappa shape index (κ1) is 20.9. The molecule has 2 aromatic rings. The number of hydrogen-bond donors (Lipinski definition) is 0. The van der Waals surface area contributed by atoms with Crippen molar-refractivity contribution in [2.45, 2.75) is 33.4 Å². The molecule has 1 saturated heterocycles. The minimum Gasteiger partial charge on any atom is -0.497 e. The summed E-state index contributed by atoms with van der Waals surface area (Å²) in [6.45, 7) is 6.35. The minimum atomic E-state index is 0.0348. The van der Waals surface area contributed by atoms with Crippen LogP contribution in [0.25, 0.3) is 0 Å². The molecule has 0 atom stereocenters. The van der Waals surface area contributed by atoms with Crippen molar-refractivity contribution >= 4 is 28.5 Å². The van der Waals surface area contributed by atoms with Gasteiger partial charge in [-0.1, -0.05) is 23.9 Å². The molecular weight excluding hydrogens is 386 g/mol. The van der Waals surface area contributed by atoms with E-state index in [1.54, 1.807) is 12.0 Å². The van der Waals surface area contributed by atoms with Gasteiger partial charge in [-0.3, -0.25) is 9.69 Å². The van der Waals surface area contributed by atoms with Crippen LogP contribution in [0.5, 0.6) is 11.5 Å². The van der Waals surface area contributed by atoms with E-state index < -0.39 is 0 Å². The monoisotopic (exact) mass is 411 g/mol. The van der Waals surface area contributed by atoms with Crippen LogP contribution in [-0.4, -0.2) is 40.7 Å². The van der Waals surface area contributed by atoms with E-state index in [-0.39, 0.29) is 12.0 Å². The van der Waals surface area contributed by atoms with Crippen LogP contribution in [0.15, 0.2) is 58.7 Å². The third kappa shape index (κ3) is 5.60. The Morgan fingerprint density at radius 2 is 1.76 bits per heavy atom. The van der Waals surface area contributed by atoms with E-state index in [0.717, 1.165) is 28.3 Å². The molecule has 0 unspecified atom stereocenters. The lowest BCUT2D eigenvalue weighted by Crippen LogP contribution is -2.28. The summed E-state index contributed by atoms with van der Waals surface area (Å²) in [5.41, 5.74) is 2.75. The van der Waals surface area contributed by atoms with E-state index in [4.69, 9.17) is 9.47 Å². The Labute approximate surface area is 175 Å². The number of methoxy groups -OCH3 is 1. The molecule has 0 saturated carbocycles. The zero-order valence-electron chi connectivity index (χ0n) is 17.1. The third-order valence-corrected chi connectivity index (χ3v) is 5.24. The minimum absolute atomic E-state index is 0.0348. The van der Waals surface area contributed by atoms with Crippen molar-refractivity contribution in [3.8, 4) is 11.5 Å². The highest BCUT2D eigenvalue weighted by Crippen LogP contribution is 2.23. The molecule has 29 heavy (non-hydrogen) atoms. The van der Waals surface area contributed by atoms with Crippen molar-refractivity contribution in [1.29, 1.82) is 0 Å². The highest BCUT2D eigenvalue weighted by Gasteiger charge is 2.28. The second-order valence-electron chi connectivity index (χ2n) is 6.88. The van der Waals surface area contributed by atoms with Crippen LogP contribution in [0.2, 0.25) is 0 Å². The molecule has 7 heteroatoms. The number of amides is 1. The second-order valence-corrected chi connectivity index (χ2v) is 7.82. The maximum atomic E-state index is 12.3. The molecule has 2 aromatic carbocycles. The van der Waals surface area contributed by atoms with Crippen LogP contribution in [0.3, 0.4) is 0 Å². The fraction of sp³-hybridized carbons (Fsp3) is 0.318. The Hall–Kier alpha value is -2.80. The number of carbonyl (C=O) groups excluding carboxylic acids is 1. The van der Waals surface area contributed by atoms with E-state index in [1.807, 2.05) is 69.3 Å². The van der Waals surface area contributed by atoms with Gasteiger partial charge >= 0.3 is 0 Å². The summed E-state index contributed by atoms with van der Waals surface area (Å²) in [5, 5.41) is 9.31. The number of amidine groups is 1. The maximum Gasteiger partial charge on any atom is 0.239 e. The first-order valence-corrected chi connectivity index (χ1v) is 10.4. The number of nitrogens with zero attached hydrogens (tertiary/aromatic N) is 3. The van der Waals surface area contributed by atoms with Gasteiger partial charge in [0.25, 0.3) is 0 Å². The Bertz CT molecular complexity index is 906. The summed E-state index contributed by atoms with van der Waals surface area (Å²) >= 11 is 1.41. The van der Waals surface area contributed by atoms with Crippen molar-refractivity contribution in [3.05, 3.63) is 59.7 Å². The van der Waals surface area contributed by atoms with E-state index in [9.17, 15) is 4.79 Å². The average Bonchev–Trinajstić information content (AvgIpc) is 3.06. The van der Waals surface area contributed by atoms with Crippen molar-refractivity contribution in [2.24, 2.45) is 10.2 Å². The molecule has 0 N–H and O–H groups in total. The summed E-state index contributed by atoms with van der Waals surface area (Å²) < 4.78 is 10.8. The first-order chi connectivity index (χ1) is 14.0. The predicted molar refractivity (Wildman–Crippen MR) is 118 cm³/mol. The van der Waals surface area contributed by atoms with Crippen molar-refractivity contribution in [1.82, 2.24) is 4.90 Å². The van der Waals surface area contributed by atoms with Gasteiger partial charge in [0.2, 0.25) is 5.91 Å². The van der Waals surface area contributed by atoms with Gasteiger partial charge in [-0.15, -0.1) is 5.10 Å². The first-order valence-electron chi connectivity index (χ1n) is 9.41. The van der Waals surface area contributed by atoms with Gasteiger partial charge in [0.15, 0.2) is 5.17 Å². The number of hydrogen-bond acceptors (Lipinski definition) is 6. The Morgan fingerprint density at radius 3 is 2.38 bits per heavy atom. The van der Waals surface area contributed by atoms with Gasteiger partial charge < -0.3 is 9.47 Å². The van der Waals surface area contributed by atoms with Gasteiger partial charge in [0.05, 0.1) is 31.2 Å². The van der Waals surface area contributed by atoms with Crippen LogP contribution in [0.4, 0.5) is 0 Å². The molecule has 3 rings (SSSR count). The van der Waals surface area contributed by atoms with E-state index in [2.05, 4.69) is 10.2 Å². The third-order valence-electron chi connectivity index (χ3n) is 4.29. The number of rotatable bonds is 7. The Morgan fingerprint density at radius 1 is 1.10 bits per heavy atom. The quantitative estimate of drug-likeness (QED) is 0.502. The summed E-state index contributed by atoms with van der Waals surface area (Å²) in [6.07, 6.45) is 0.135. The highest BCUT2D eigenvalue weighted by molar-refractivity contribution is 8.15. The van der Waals surface area contributed by atoms with Gasteiger partial charge in [0, 0.05) is 0 Å². The number of benzene rings is 2. The molecule has 6 nitrogen and oxygen atoms in total. The zero-order valence-corrected chi connectivity index (χ0v) is 17.9. The van der Waals surface area contributed by atoms with E-state index in [1.165, 1.54) is 11.8 Å². The zero-order chi connectivity index (χ0) is 20.8. The number of ether oxygens (including phenoxy) is 2. The molecule has 1 heterocycles. The van der Waals surface area contributed by atoms with Crippen molar-refractivity contribution < 1.29 is 14.3 Å². The summed E-state index contributed by atoms with van der Waals surface area (Å²) in [7, 11) is 1.63. The van der Waals surface area contributed by atoms with Crippen LogP contribution in [-0.2, 0) is 11.3 Å². The topological polar surface area (TPSA) is 63.5 Å². The highest BCUT2D eigenvalue weighted by atomic mass is 32.2. The number of carbonyl (C=O) groups is 1. The molecule has 1 amide bonds. The van der Waals surface area contributed by atoms with Crippen molar-refractivity contribution in [3.63, 3.8) is 0 Å². The fourth-order valence-corrected chi connectivity index (χ4v) is 3.59. The molecule has 0 bridgehead atoms. The summed E-state index contributed by atoms with van der Waals surface area (Å²) in [5.74, 6) is 2.03. The van der Waals surface area contributed by atoms with Crippen LogP contribution in [0, 0.1) is 0 Å². The lowest BCUT2D eigenvalue weighted by molar-refractivity contribution is -0.124. The maximum absolute atomic E-state index is 12.3. The predicted octanol–water partition coefficient (Wildman–Crippen LogP) is 4.34. The molecule has 0 radical (unpaired) electrons. The average molecular weight is 412 g/mol. The van der Waals surface area contributed by atoms with E-state index >= 15 is 0 Å². The van der Waals surface area contributed by atoms with Gasteiger partial charge in [-0.25, -0.2) is 0 Å². The summed E-state index contributed by atoms with van der Waals surface area (Å²) in [6, 6.07) is 15.4. The van der Waals surface area contributed by atoms with Crippen LogP contribution >= 0.6 is 11.8 Å². The molecule has 1 aliphatic heterocycles. The molecule has 152 valence electrons. The molecular formula is C22H25N3O3S. The largest absolute Gasteiger partial charge is 0.497 e. The summed E-state index contributed by atoms with van der Waals surface area (Å²) in [4.78, 5) is 14.0. The van der Waals surface area contributed by atoms with Crippen LogP contribution in [0.1, 0.15) is 31.9 Å². The lowest BCUT2D eigenvalue weighted by Gasteiger charge is -2.15. The molecule has 0 aliphatic carbocycles. The molecule has 1 fully saturated rings. The van der Waals surface area contributed by atoms with E-state index in [0.29, 0.717) is 17.5 Å². The second kappa shape index (κ2) is 9.60. The Balaban J connectivity index is 1.72. The fourth-order valence-electron chi connectivity index (χ4n) is 2.76. The van der Waals surface area contributed by atoms with Gasteiger partial charge in [0.1, 0.15) is 11.5 Å². The van der Waals surface area contributed by atoms with Gasteiger partial charge in [-0.05, 0) is 68.3 Å². The van der Waals surface area contributed by atoms with Gasteiger partial charge in [-0.2, -0.15) is 5.10 Å². The SMILES string of the molecule is COc1ccc(CN2C(=O)CSC2=NN=C(C)c2ccc(OC(C)C)cc2)cc1. The lowest BCUT2D eigenvalue weighted by atomic mass is 10.1. The normalized spacial score (nSPS) is 16.0. The smallest absolute Gasteiger partial charge is 0.239 e.